The zero-order valence-electron chi connectivity index (χ0n) is 11.6. The van der Waals surface area contributed by atoms with E-state index in [9.17, 15) is 0 Å². The Morgan fingerprint density at radius 2 is 2.00 bits per heavy atom. The van der Waals surface area contributed by atoms with Gasteiger partial charge in [0.1, 0.15) is 0 Å². The van der Waals surface area contributed by atoms with Crippen LogP contribution in [0.5, 0.6) is 0 Å². The van der Waals surface area contributed by atoms with E-state index in [0.717, 1.165) is 17.0 Å². The van der Waals surface area contributed by atoms with E-state index in [2.05, 4.69) is 24.1 Å². The van der Waals surface area contributed by atoms with Gasteiger partial charge in [-0.3, -0.25) is 0 Å². The molecule has 4 heteroatoms. The van der Waals surface area contributed by atoms with Crippen molar-refractivity contribution >= 4 is 5.69 Å². The minimum Gasteiger partial charge on any atom is -0.444 e. The van der Waals surface area contributed by atoms with Crippen molar-refractivity contribution < 1.29 is 9.15 Å². The molecule has 0 radical (unpaired) electrons. The molecule has 0 saturated carbocycles. The number of anilines is 1. The lowest BCUT2D eigenvalue weighted by atomic mass is 10.0. The van der Waals surface area contributed by atoms with Crippen LogP contribution in [0.2, 0.25) is 0 Å². The van der Waals surface area contributed by atoms with E-state index in [1.807, 2.05) is 24.3 Å². The molecule has 0 aliphatic rings. The van der Waals surface area contributed by atoms with Gasteiger partial charge < -0.3 is 14.5 Å². The Balaban J connectivity index is 2.06. The Bertz CT molecular complexity index is 477. The van der Waals surface area contributed by atoms with Crippen molar-refractivity contribution in [1.29, 1.82) is 0 Å². The Morgan fingerprint density at radius 1 is 1.26 bits per heavy atom. The minimum absolute atomic E-state index is 0.307. The Labute approximate surface area is 113 Å². The van der Waals surface area contributed by atoms with Gasteiger partial charge in [0.2, 0.25) is 0 Å². The summed E-state index contributed by atoms with van der Waals surface area (Å²) in [5.41, 5.74) is 2.11. The van der Waals surface area contributed by atoms with Gasteiger partial charge in [0.05, 0.1) is 18.8 Å². The summed E-state index contributed by atoms with van der Waals surface area (Å²) in [4.78, 5) is 3.92. The van der Waals surface area contributed by atoms with Crippen molar-refractivity contribution in [2.45, 2.75) is 19.9 Å². The maximum Gasteiger partial charge on any atom is 0.181 e. The molecule has 0 aliphatic heterocycles. The predicted octanol–water partition coefficient (Wildman–Crippen LogP) is 3.42. The first-order valence-corrected chi connectivity index (χ1v) is 6.45. The molecule has 4 nitrogen and oxygen atoms in total. The highest BCUT2D eigenvalue weighted by Gasteiger charge is 2.12. The van der Waals surface area contributed by atoms with Gasteiger partial charge in [0, 0.05) is 18.4 Å². The second-order valence-electron chi connectivity index (χ2n) is 4.89. The lowest BCUT2D eigenvalue weighted by Crippen LogP contribution is -2.30. The minimum atomic E-state index is 0.307. The summed E-state index contributed by atoms with van der Waals surface area (Å²) >= 11 is 0. The first kappa shape index (κ1) is 13.6. The molecule has 0 saturated heterocycles. The van der Waals surface area contributed by atoms with Gasteiger partial charge in [0.15, 0.2) is 12.2 Å². The number of nitrogens with zero attached hydrogens (tertiary/aromatic N) is 1. The molecule has 1 unspecified atom stereocenters. The summed E-state index contributed by atoms with van der Waals surface area (Å²) < 4.78 is 10.5. The standard InChI is InChI=1S/C15H20N2O2/c1-11(2)14(9-18-3)17-13-6-4-12(5-7-13)15-8-16-10-19-15/h4-8,10-11,14,17H,9H2,1-3H3. The zero-order valence-corrected chi connectivity index (χ0v) is 11.6. The summed E-state index contributed by atoms with van der Waals surface area (Å²) in [6.07, 6.45) is 3.15. The summed E-state index contributed by atoms with van der Waals surface area (Å²) in [6, 6.07) is 8.44. The van der Waals surface area contributed by atoms with E-state index < -0.39 is 0 Å². The molecule has 2 aromatic rings. The normalized spacial score (nSPS) is 12.6. The molecule has 0 spiro atoms. The van der Waals surface area contributed by atoms with Crippen LogP contribution in [0.3, 0.4) is 0 Å². The fraction of sp³-hybridized carbons (Fsp3) is 0.400. The van der Waals surface area contributed by atoms with Crippen LogP contribution in [0.4, 0.5) is 5.69 Å². The SMILES string of the molecule is COCC(Nc1ccc(-c2cnco2)cc1)C(C)C. The van der Waals surface area contributed by atoms with Crippen molar-refractivity contribution in [3.63, 3.8) is 0 Å². The second kappa shape index (κ2) is 6.38. The van der Waals surface area contributed by atoms with Gasteiger partial charge in [-0.15, -0.1) is 0 Å². The fourth-order valence-electron chi connectivity index (χ4n) is 1.88. The van der Waals surface area contributed by atoms with Crippen molar-refractivity contribution in [2.24, 2.45) is 5.92 Å². The molecule has 1 N–H and O–H groups in total. The largest absolute Gasteiger partial charge is 0.444 e. The Hall–Kier alpha value is -1.81. The predicted molar refractivity (Wildman–Crippen MR) is 76.1 cm³/mol. The smallest absolute Gasteiger partial charge is 0.181 e. The molecule has 1 atom stereocenters. The van der Waals surface area contributed by atoms with Crippen molar-refractivity contribution in [2.75, 3.05) is 19.0 Å². The number of hydrogen-bond donors (Lipinski definition) is 1. The maximum atomic E-state index is 5.27. The fourth-order valence-corrected chi connectivity index (χ4v) is 1.88. The summed E-state index contributed by atoms with van der Waals surface area (Å²) in [6.45, 7) is 5.06. The van der Waals surface area contributed by atoms with Crippen LogP contribution < -0.4 is 5.32 Å². The highest BCUT2D eigenvalue weighted by Crippen LogP contribution is 2.21. The third-order valence-corrected chi connectivity index (χ3v) is 3.10. The zero-order chi connectivity index (χ0) is 13.7. The van der Waals surface area contributed by atoms with E-state index >= 15 is 0 Å². The van der Waals surface area contributed by atoms with Gasteiger partial charge in [0.25, 0.3) is 0 Å². The molecular formula is C15H20N2O2. The van der Waals surface area contributed by atoms with Crippen LogP contribution in [-0.4, -0.2) is 24.7 Å². The lowest BCUT2D eigenvalue weighted by Gasteiger charge is -2.22. The molecular weight excluding hydrogens is 240 g/mol. The first-order valence-electron chi connectivity index (χ1n) is 6.45. The van der Waals surface area contributed by atoms with Crippen LogP contribution in [0.1, 0.15) is 13.8 Å². The molecule has 0 aliphatic carbocycles. The average molecular weight is 260 g/mol. The van der Waals surface area contributed by atoms with Crippen LogP contribution in [0.15, 0.2) is 41.3 Å². The van der Waals surface area contributed by atoms with E-state index in [-0.39, 0.29) is 0 Å². The number of aromatic nitrogens is 1. The van der Waals surface area contributed by atoms with Crippen LogP contribution in [0.25, 0.3) is 11.3 Å². The molecule has 1 aromatic carbocycles. The monoisotopic (exact) mass is 260 g/mol. The number of oxazole rings is 1. The molecule has 0 bridgehead atoms. The maximum absolute atomic E-state index is 5.27. The molecule has 2 rings (SSSR count). The molecule has 1 heterocycles. The van der Waals surface area contributed by atoms with E-state index in [0.29, 0.717) is 18.6 Å². The number of hydrogen-bond acceptors (Lipinski definition) is 4. The molecule has 1 aromatic heterocycles. The highest BCUT2D eigenvalue weighted by molar-refractivity contribution is 5.60. The quantitative estimate of drug-likeness (QED) is 0.864. The summed E-state index contributed by atoms with van der Waals surface area (Å²) in [5, 5.41) is 3.48. The Morgan fingerprint density at radius 3 is 2.53 bits per heavy atom. The topological polar surface area (TPSA) is 47.3 Å². The Kier molecular flexibility index (Phi) is 4.58. The van der Waals surface area contributed by atoms with E-state index in [4.69, 9.17) is 9.15 Å². The van der Waals surface area contributed by atoms with Gasteiger partial charge >= 0.3 is 0 Å². The van der Waals surface area contributed by atoms with E-state index in [1.54, 1.807) is 13.3 Å². The van der Waals surface area contributed by atoms with Crippen molar-refractivity contribution in [3.8, 4) is 11.3 Å². The van der Waals surface area contributed by atoms with Gasteiger partial charge in [-0.25, -0.2) is 4.98 Å². The number of nitrogens with one attached hydrogen (secondary N) is 1. The number of methoxy groups -OCH3 is 1. The van der Waals surface area contributed by atoms with Gasteiger partial charge in [-0.2, -0.15) is 0 Å². The highest BCUT2D eigenvalue weighted by atomic mass is 16.5. The molecule has 0 amide bonds. The molecule has 0 fully saturated rings. The number of ether oxygens (including phenoxy) is 1. The summed E-state index contributed by atoms with van der Waals surface area (Å²) in [7, 11) is 1.73. The third kappa shape index (κ3) is 3.58. The van der Waals surface area contributed by atoms with Gasteiger partial charge in [-0.05, 0) is 30.2 Å². The second-order valence-corrected chi connectivity index (χ2v) is 4.89. The number of benzene rings is 1. The summed E-state index contributed by atoms with van der Waals surface area (Å²) in [5.74, 6) is 1.29. The van der Waals surface area contributed by atoms with Crippen LogP contribution in [-0.2, 0) is 4.74 Å². The van der Waals surface area contributed by atoms with Gasteiger partial charge in [-0.1, -0.05) is 13.8 Å². The van der Waals surface area contributed by atoms with Crippen molar-refractivity contribution in [1.82, 2.24) is 4.98 Å². The molecule has 19 heavy (non-hydrogen) atoms. The van der Waals surface area contributed by atoms with Crippen molar-refractivity contribution in [3.05, 3.63) is 36.9 Å². The first-order chi connectivity index (χ1) is 9.20. The molecule has 102 valence electrons. The van der Waals surface area contributed by atoms with Crippen LogP contribution >= 0.6 is 0 Å². The van der Waals surface area contributed by atoms with Crippen LogP contribution in [0, 0.1) is 5.92 Å². The number of rotatable bonds is 6. The average Bonchev–Trinajstić information content (AvgIpc) is 2.93. The third-order valence-electron chi connectivity index (χ3n) is 3.10. The van der Waals surface area contributed by atoms with E-state index in [1.165, 1.54) is 6.39 Å². The lowest BCUT2D eigenvalue weighted by molar-refractivity contribution is 0.171.